The van der Waals surface area contributed by atoms with Crippen LogP contribution in [0.25, 0.3) is 0 Å². The molecule has 0 bridgehead atoms. The molecule has 2 aromatic carbocycles. The van der Waals surface area contributed by atoms with Gasteiger partial charge in [-0.3, -0.25) is 9.69 Å². The fraction of sp³-hybridized carbons (Fsp3) is 0.278. The highest BCUT2D eigenvalue weighted by Crippen LogP contribution is 2.12. The van der Waals surface area contributed by atoms with Gasteiger partial charge in [-0.2, -0.15) is 0 Å². The topological polar surface area (TPSA) is 32.3 Å². The second-order valence-electron chi connectivity index (χ2n) is 5.37. The lowest BCUT2D eigenvalue weighted by Crippen LogP contribution is -2.30. The zero-order valence-electron chi connectivity index (χ0n) is 13.0. The van der Waals surface area contributed by atoms with Crippen LogP contribution < -0.4 is 5.32 Å². The van der Waals surface area contributed by atoms with Gasteiger partial charge in [0.1, 0.15) is 5.82 Å². The Morgan fingerprint density at radius 3 is 2.36 bits per heavy atom. The molecule has 0 saturated carbocycles. The summed E-state index contributed by atoms with van der Waals surface area (Å²) in [5, 5.41) is 2.59. The molecule has 2 rings (SSSR count). The molecule has 0 aliphatic rings. The molecule has 0 saturated heterocycles. The third kappa shape index (κ3) is 4.67. The van der Waals surface area contributed by atoms with Gasteiger partial charge in [0, 0.05) is 6.54 Å². The first-order valence-corrected chi connectivity index (χ1v) is 7.39. The minimum atomic E-state index is -0.423. The van der Waals surface area contributed by atoms with Gasteiger partial charge < -0.3 is 5.32 Å². The summed E-state index contributed by atoms with van der Waals surface area (Å²) in [6.45, 7) is 3.01. The Labute approximate surface area is 130 Å². The molecule has 1 amide bonds. The number of nitrogens with one attached hydrogen (secondary N) is 1. The predicted molar refractivity (Wildman–Crippen MR) is 87.2 cm³/mol. The van der Waals surface area contributed by atoms with Crippen LogP contribution in [-0.4, -0.2) is 24.4 Å². The summed E-state index contributed by atoms with van der Waals surface area (Å²) in [6.07, 6.45) is 1.02. The monoisotopic (exact) mass is 300 g/mol. The molecule has 0 heterocycles. The average molecular weight is 300 g/mol. The molecule has 2 aromatic rings. The van der Waals surface area contributed by atoms with Crippen molar-refractivity contribution < 1.29 is 9.18 Å². The lowest BCUT2D eigenvalue weighted by molar-refractivity contribution is -0.117. The van der Waals surface area contributed by atoms with Gasteiger partial charge in [0.05, 0.1) is 12.2 Å². The van der Waals surface area contributed by atoms with Crippen LogP contribution in [0.2, 0.25) is 0 Å². The molecule has 4 heteroatoms. The molecule has 22 heavy (non-hydrogen) atoms. The van der Waals surface area contributed by atoms with E-state index in [0.717, 1.165) is 12.0 Å². The van der Waals surface area contributed by atoms with Gasteiger partial charge in [0.25, 0.3) is 0 Å². The van der Waals surface area contributed by atoms with Gasteiger partial charge in [-0.1, -0.05) is 43.3 Å². The van der Waals surface area contributed by atoms with E-state index in [9.17, 15) is 9.18 Å². The van der Waals surface area contributed by atoms with Gasteiger partial charge in [-0.05, 0) is 36.7 Å². The summed E-state index contributed by atoms with van der Waals surface area (Å²) >= 11 is 0. The fourth-order valence-electron chi connectivity index (χ4n) is 2.25. The largest absolute Gasteiger partial charge is 0.322 e. The summed E-state index contributed by atoms with van der Waals surface area (Å²) in [5.41, 5.74) is 2.66. The van der Waals surface area contributed by atoms with Crippen molar-refractivity contribution in [2.24, 2.45) is 0 Å². The fourth-order valence-corrected chi connectivity index (χ4v) is 2.25. The van der Waals surface area contributed by atoms with E-state index in [0.29, 0.717) is 6.54 Å². The third-order valence-corrected chi connectivity index (χ3v) is 3.45. The number of nitrogens with zero attached hydrogens (tertiary/aromatic N) is 1. The van der Waals surface area contributed by atoms with E-state index in [4.69, 9.17) is 0 Å². The molecule has 0 atom stereocenters. The number of halogens is 1. The van der Waals surface area contributed by atoms with Gasteiger partial charge in [0.15, 0.2) is 0 Å². The van der Waals surface area contributed by atoms with E-state index in [1.165, 1.54) is 11.6 Å². The number of carbonyl (C=O) groups excluding carboxylic acids is 1. The molecule has 0 aliphatic carbocycles. The highest BCUT2D eigenvalue weighted by Gasteiger charge is 2.09. The number of amides is 1. The molecule has 1 N–H and O–H groups in total. The second-order valence-corrected chi connectivity index (χ2v) is 5.37. The number of carbonyl (C=O) groups is 1. The third-order valence-electron chi connectivity index (χ3n) is 3.45. The summed E-state index contributed by atoms with van der Waals surface area (Å²) in [4.78, 5) is 13.8. The van der Waals surface area contributed by atoms with Crippen LogP contribution in [0.15, 0.2) is 48.5 Å². The maximum Gasteiger partial charge on any atom is 0.238 e. The van der Waals surface area contributed by atoms with Gasteiger partial charge >= 0.3 is 0 Å². The van der Waals surface area contributed by atoms with E-state index in [-0.39, 0.29) is 18.1 Å². The van der Waals surface area contributed by atoms with Crippen LogP contribution in [0.1, 0.15) is 18.1 Å². The van der Waals surface area contributed by atoms with Crippen molar-refractivity contribution in [1.29, 1.82) is 0 Å². The minimum absolute atomic E-state index is 0.212. The number of likely N-dealkylation sites (N-methyl/N-ethyl adjacent to an activating group) is 1. The summed E-state index contributed by atoms with van der Waals surface area (Å²) < 4.78 is 13.5. The average Bonchev–Trinajstić information content (AvgIpc) is 2.50. The molecule has 0 aliphatic heterocycles. The summed E-state index contributed by atoms with van der Waals surface area (Å²) in [6, 6.07) is 14.5. The predicted octanol–water partition coefficient (Wildman–Crippen LogP) is 3.46. The van der Waals surface area contributed by atoms with Crippen molar-refractivity contribution in [3.63, 3.8) is 0 Å². The van der Waals surface area contributed by atoms with Crippen LogP contribution in [0.3, 0.4) is 0 Å². The number of rotatable bonds is 6. The van der Waals surface area contributed by atoms with E-state index in [1.54, 1.807) is 18.2 Å². The highest BCUT2D eigenvalue weighted by atomic mass is 19.1. The molecular weight excluding hydrogens is 279 g/mol. The first-order valence-electron chi connectivity index (χ1n) is 7.39. The van der Waals surface area contributed by atoms with Crippen molar-refractivity contribution in [3.8, 4) is 0 Å². The number of para-hydroxylation sites is 1. The van der Waals surface area contributed by atoms with Crippen molar-refractivity contribution in [2.45, 2.75) is 19.9 Å². The Balaban J connectivity index is 1.87. The first-order chi connectivity index (χ1) is 10.6. The number of benzene rings is 2. The Bertz CT molecular complexity index is 625. The van der Waals surface area contributed by atoms with Crippen molar-refractivity contribution in [1.82, 2.24) is 4.90 Å². The summed E-state index contributed by atoms with van der Waals surface area (Å²) in [5.74, 6) is -0.647. The first kappa shape index (κ1) is 16.2. The maximum atomic E-state index is 13.5. The zero-order chi connectivity index (χ0) is 15.9. The smallest absolute Gasteiger partial charge is 0.238 e. The van der Waals surface area contributed by atoms with Gasteiger partial charge in [-0.15, -0.1) is 0 Å². The Morgan fingerprint density at radius 1 is 1.09 bits per heavy atom. The highest BCUT2D eigenvalue weighted by molar-refractivity contribution is 5.92. The van der Waals surface area contributed by atoms with Crippen LogP contribution in [0, 0.1) is 5.82 Å². The quantitative estimate of drug-likeness (QED) is 0.886. The number of anilines is 1. The van der Waals surface area contributed by atoms with Crippen molar-refractivity contribution in [3.05, 3.63) is 65.5 Å². The minimum Gasteiger partial charge on any atom is -0.322 e. The van der Waals surface area contributed by atoms with Crippen LogP contribution in [0.5, 0.6) is 0 Å². The number of hydrogen-bond donors (Lipinski definition) is 1. The van der Waals surface area contributed by atoms with Crippen molar-refractivity contribution in [2.75, 3.05) is 18.9 Å². The van der Waals surface area contributed by atoms with Gasteiger partial charge in [-0.25, -0.2) is 4.39 Å². The summed E-state index contributed by atoms with van der Waals surface area (Å²) in [7, 11) is 1.87. The standard InChI is InChI=1S/C18H21FN2O/c1-3-14-8-10-15(11-9-14)12-21(2)13-18(22)20-17-7-5-4-6-16(17)19/h4-11H,3,12-13H2,1-2H3,(H,20,22). The molecule has 0 unspecified atom stereocenters. The van der Waals surface area contributed by atoms with E-state index in [1.807, 2.05) is 11.9 Å². The van der Waals surface area contributed by atoms with E-state index in [2.05, 4.69) is 36.5 Å². The van der Waals surface area contributed by atoms with Gasteiger partial charge in [0.2, 0.25) is 5.91 Å². The zero-order valence-corrected chi connectivity index (χ0v) is 13.0. The number of hydrogen-bond acceptors (Lipinski definition) is 2. The molecule has 0 fully saturated rings. The Kier molecular flexibility index (Phi) is 5.67. The molecule has 0 spiro atoms. The van der Waals surface area contributed by atoms with Crippen molar-refractivity contribution >= 4 is 11.6 Å². The maximum absolute atomic E-state index is 13.5. The molecule has 3 nitrogen and oxygen atoms in total. The lowest BCUT2D eigenvalue weighted by Gasteiger charge is -2.16. The van der Waals surface area contributed by atoms with E-state index >= 15 is 0 Å². The second kappa shape index (κ2) is 7.71. The number of aryl methyl sites for hydroxylation is 1. The normalized spacial score (nSPS) is 10.7. The van der Waals surface area contributed by atoms with Crippen LogP contribution in [-0.2, 0) is 17.8 Å². The molecular formula is C18H21FN2O. The van der Waals surface area contributed by atoms with E-state index < -0.39 is 5.82 Å². The SMILES string of the molecule is CCc1ccc(CN(C)CC(=O)Nc2ccccc2F)cc1. The lowest BCUT2D eigenvalue weighted by atomic mass is 10.1. The molecule has 0 radical (unpaired) electrons. The molecule has 116 valence electrons. The van der Waals surface area contributed by atoms with Crippen LogP contribution >= 0.6 is 0 Å². The van der Waals surface area contributed by atoms with Crippen LogP contribution in [0.4, 0.5) is 10.1 Å². The Morgan fingerprint density at radius 2 is 1.73 bits per heavy atom. The molecule has 0 aromatic heterocycles. The Hall–Kier alpha value is -2.20.